The average Bonchev–Trinajstić information content (AvgIpc) is 2.99. The number of allylic oxidation sites excluding steroid dienone is 1. The highest BCUT2D eigenvalue weighted by molar-refractivity contribution is 7.54. The van der Waals surface area contributed by atoms with Crippen LogP contribution in [-0.4, -0.2) is 61.0 Å². The molecule has 1 aliphatic heterocycles. The highest BCUT2D eigenvalue weighted by Crippen LogP contribution is 2.49. The van der Waals surface area contributed by atoms with Gasteiger partial charge in [-0.15, -0.1) is 0 Å². The van der Waals surface area contributed by atoms with E-state index in [4.69, 9.17) is 38.9 Å². The van der Waals surface area contributed by atoms with E-state index in [-0.39, 0.29) is 53.0 Å². The van der Waals surface area contributed by atoms with Crippen LogP contribution >= 0.6 is 30.9 Å². The summed E-state index contributed by atoms with van der Waals surface area (Å²) < 4.78 is 64.8. The SMILES string of the molecule is COC(=O)[C@H](C)NP(=O)(Oc1ccc(C(F)(F)F)cc1)N1CCC(NC(=O)C(N)=C(C=N)NC(=O)c2c(Cl)cccc2Cl)CC1. The number of rotatable bonds is 11. The summed E-state index contributed by atoms with van der Waals surface area (Å²) in [6.45, 7) is 1.51. The van der Waals surface area contributed by atoms with E-state index in [1.54, 1.807) is 0 Å². The van der Waals surface area contributed by atoms with E-state index in [9.17, 15) is 32.1 Å². The number of nitrogens with one attached hydrogen (secondary N) is 4. The van der Waals surface area contributed by atoms with Gasteiger partial charge in [-0.1, -0.05) is 29.3 Å². The molecule has 0 saturated carbocycles. The molecule has 2 aromatic rings. The smallest absolute Gasteiger partial charge is 0.416 e. The fourth-order valence-electron chi connectivity index (χ4n) is 4.23. The summed E-state index contributed by atoms with van der Waals surface area (Å²) in [7, 11) is -2.96. The van der Waals surface area contributed by atoms with Crippen molar-refractivity contribution < 1.29 is 41.4 Å². The number of amides is 2. The number of benzene rings is 2. The van der Waals surface area contributed by atoms with Crippen molar-refractivity contribution in [1.29, 1.82) is 5.41 Å². The van der Waals surface area contributed by atoms with Crippen molar-refractivity contribution >= 4 is 54.9 Å². The fraction of sp³-hybridized carbons (Fsp3) is 0.333. The lowest BCUT2D eigenvalue weighted by Gasteiger charge is -2.37. The number of halogens is 5. The number of ether oxygens (including phenoxy) is 1. The number of nitrogens with zero attached hydrogens (tertiary/aromatic N) is 1. The van der Waals surface area contributed by atoms with Crippen LogP contribution < -0.4 is 26.0 Å². The number of hydrogen-bond donors (Lipinski definition) is 5. The molecule has 45 heavy (non-hydrogen) atoms. The van der Waals surface area contributed by atoms with Crippen LogP contribution in [0.4, 0.5) is 13.2 Å². The first-order chi connectivity index (χ1) is 21.1. The van der Waals surface area contributed by atoms with E-state index in [1.807, 2.05) is 0 Å². The summed E-state index contributed by atoms with van der Waals surface area (Å²) in [6.07, 6.45) is -3.47. The zero-order valence-electron chi connectivity index (χ0n) is 23.9. The molecule has 2 aromatic carbocycles. The number of carbonyl (C=O) groups is 3. The van der Waals surface area contributed by atoms with Gasteiger partial charge in [-0.3, -0.25) is 14.4 Å². The van der Waals surface area contributed by atoms with Gasteiger partial charge >= 0.3 is 19.8 Å². The maximum Gasteiger partial charge on any atom is 0.416 e. The Labute approximate surface area is 266 Å². The van der Waals surface area contributed by atoms with Crippen molar-refractivity contribution in [3.63, 3.8) is 0 Å². The zero-order chi connectivity index (χ0) is 33.5. The molecule has 0 aliphatic carbocycles. The quantitative estimate of drug-likeness (QED) is 0.0984. The minimum atomic E-state index is -4.58. The number of methoxy groups -OCH3 is 1. The van der Waals surface area contributed by atoms with Gasteiger partial charge in [0.15, 0.2) is 0 Å². The number of esters is 1. The van der Waals surface area contributed by atoms with Crippen LogP contribution in [0, 0.1) is 5.41 Å². The predicted octanol–water partition coefficient (Wildman–Crippen LogP) is 4.48. The molecule has 1 unspecified atom stereocenters. The molecular formula is C27H30Cl2F3N6O6P. The van der Waals surface area contributed by atoms with E-state index in [0.29, 0.717) is 6.21 Å². The van der Waals surface area contributed by atoms with Gasteiger partial charge < -0.3 is 31.0 Å². The second-order valence-corrected chi connectivity index (χ2v) is 12.6. The van der Waals surface area contributed by atoms with Crippen LogP contribution in [0.3, 0.4) is 0 Å². The molecule has 3 rings (SSSR count). The number of nitrogens with two attached hydrogens (primary N) is 1. The van der Waals surface area contributed by atoms with Crippen molar-refractivity contribution in [1.82, 2.24) is 20.4 Å². The minimum absolute atomic E-state index is 0.0502. The number of hydrogen-bond acceptors (Lipinski definition) is 8. The molecule has 1 aliphatic rings. The van der Waals surface area contributed by atoms with Gasteiger partial charge in [0.1, 0.15) is 17.5 Å². The molecule has 18 heteroatoms. The first kappa shape index (κ1) is 35.9. The van der Waals surface area contributed by atoms with Crippen LogP contribution in [-0.2, 0) is 25.1 Å². The monoisotopic (exact) mass is 692 g/mol. The molecule has 0 aromatic heterocycles. The summed E-state index contributed by atoms with van der Waals surface area (Å²) in [6, 6.07) is 6.41. The third-order valence-corrected chi connectivity index (χ3v) is 9.56. The molecule has 1 fully saturated rings. The minimum Gasteiger partial charge on any atom is -0.468 e. The molecule has 6 N–H and O–H groups in total. The second kappa shape index (κ2) is 15.1. The zero-order valence-corrected chi connectivity index (χ0v) is 26.3. The highest BCUT2D eigenvalue weighted by Gasteiger charge is 2.40. The molecule has 1 saturated heterocycles. The second-order valence-electron chi connectivity index (χ2n) is 9.73. The van der Waals surface area contributed by atoms with Crippen molar-refractivity contribution in [2.75, 3.05) is 20.2 Å². The van der Waals surface area contributed by atoms with Crippen LogP contribution in [0.1, 0.15) is 35.7 Å². The number of carbonyl (C=O) groups excluding carboxylic acids is 3. The summed E-state index contributed by atoms with van der Waals surface area (Å²) >= 11 is 12.1. The average molecular weight is 693 g/mol. The van der Waals surface area contributed by atoms with Crippen molar-refractivity contribution in [2.24, 2.45) is 5.73 Å². The lowest BCUT2D eigenvalue weighted by atomic mass is 10.1. The predicted molar refractivity (Wildman–Crippen MR) is 161 cm³/mol. The molecule has 2 amide bonds. The van der Waals surface area contributed by atoms with Gasteiger partial charge in [-0.05, 0) is 56.2 Å². The molecule has 0 radical (unpaired) electrons. The van der Waals surface area contributed by atoms with Gasteiger partial charge in [-0.25, -0.2) is 14.3 Å². The third-order valence-electron chi connectivity index (χ3n) is 6.62. The van der Waals surface area contributed by atoms with E-state index in [1.165, 1.54) is 29.8 Å². The molecule has 1 heterocycles. The first-order valence-corrected chi connectivity index (χ1v) is 15.6. The van der Waals surface area contributed by atoms with Crippen LogP contribution in [0.25, 0.3) is 0 Å². The lowest BCUT2D eigenvalue weighted by Crippen LogP contribution is -2.48. The topological polar surface area (TPSA) is 176 Å². The van der Waals surface area contributed by atoms with Crippen LogP contribution in [0.15, 0.2) is 53.9 Å². The van der Waals surface area contributed by atoms with Crippen LogP contribution in [0.5, 0.6) is 5.75 Å². The Morgan fingerprint density at radius 3 is 2.20 bits per heavy atom. The third kappa shape index (κ3) is 9.21. The van der Waals surface area contributed by atoms with E-state index < -0.39 is 55.0 Å². The van der Waals surface area contributed by atoms with Gasteiger partial charge in [0.2, 0.25) is 0 Å². The maximum atomic E-state index is 14.0. The molecule has 12 nitrogen and oxygen atoms in total. The van der Waals surface area contributed by atoms with E-state index in [0.717, 1.165) is 31.4 Å². The fourth-order valence-corrected chi connectivity index (χ4v) is 6.89. The molecule has 0 bridgehead atoms. The Kier molecular flexibility index (Phi) is 12.0. The van der Waals surface area contributed by atoms with Gasteiger partial charge in [0.05, 0.1) is 34.0 Å². The standard InChI is InChI=1S/C27H30Cl2F3N6O6P/c1-15(26(41)43-2)37-45(42,44-18-8-6-16(7-9-18)27(30,31)32)38-12-10-17(11-13-38)35-25(40)23(34)21(14-33)36-24(39)22-19(28)4-3-5-20(22)29/h3-9,14-15,17,33H,10-13,34H2,1-2H3,(H,35,40)(H,36,39)(H,37,42)/t15-,45?/m0/s1. The van der Waals surface area contributed by atoms with E-state index in [2.05, 4.69) is 20.5 Å². The Morgan fingerprint density at radius 2 is 1.69 bits per heavy atom. The van der Waals surface area contributed by atoms with Crippen molar-refractivity contribution in [2.45, 2.75) is 38.0 Å². The highest BCUT2D eigenvalue weighted by atomic mass is 35.5. The lowest BCUT2D eigenvalue weighted by molar-refractivity contribution is -0.142. The molecule has 0 spiro atoms. The summed E-state index contributed by atoms with van der Waals surface area (Å²) in [5.41, 5.74) is 4.18. The molecular weight excluding hydrogens is 663 g/mol. The Hall–Kier alpha value is -3.62. The largest absolute Gasteiger partial charge is 0.468 e. The maximum absolute atomic E-state index is 14.0. The normalized spacial score (nSPS) is 16.9. The molecule has 244 valence electrons. The summed E-state index contributed by atoms with van der Waals surface area (Å²) in [5, 5.41) is 15.4. The first-order valence-electron chi connectivity index (χ1n) is 13.2. The van der Waals surface area contributed by atoms with Gasteiger partial charge in [0.25, 0.3) is 11.8 Å². The van der Waals surface area contributed by atoms with Crippen molar-refractivity contribution in [3.8, 4) is 5.75 Å². The van der Waals surface area contributed by atoms with Gasteiger partial charge in [-0.2, -0.15) is 13.2 Å². The molecule has 2 atom stereocenters. The Morgan fingerprint density at radius 1 is 1.11 bits per heavy atom. The summed E-state index contributed by atoms with van der Waals surface area (Å²) in [5.74, 6) is -2.46. The van der Waals surface area contributed by atoms with Crippen molar-refractivity contribution in [3.05, 3.63) is 75.0 Å². The van der Waals surface area contributed by atoms with E-state index >= 15 is 0 Å². The Bertz CT molecular complexity index is 1500. The summed E-state index contributed by atoms with van der Waals surface area (Å²) in [4.78, 5) is 37.6. The van der Waals surface area contributed by atoms with Crippen LogP contribution in [0.2, 0.25) is 10.0 Å². The van der Waals surface area contributed by atoms with Gasteiger partial charge in [0, 0.05) is 25.3 Å². The number of piperidine rings is 1. The number of alkyl halides is 3. The Balaban J connectivity index is 1.71.